The Balaban J connectivity index is 1.65. The Morgan fingerprint density at radius 2 is 1.87 bits per heavy atom. The molecule has 1 N–H and O–H groups in total. The molecule has 1 atom stereocenters. The van der Waals surface area contributed by atoms with Gasteiger partial charge in [0.05, 0.1) is 22.3 Å². The van der Waals surface area contributed by atoms with E-state index in [1.165, 1.54) is 17.3 Å². The summed E-state index contributed by atoms with van der Waals surface area (Å²) in [5, 5.41) is 11.4. The number of anilines is 2. The van der Waals surface area contributed by atoms with Gasteiger partial charge in [-0.2, -0.15) is 0 Å². The third-order valence-electron chi connectivity index (χ3n) is 5.49. The van der Waals surface area contributed by atoms with Crippen molar-refractivity contribution >= 4 is 35.0 Å². The molecule has 0 spiro atoms. The number of hydrogen-bond acceptors (Lipinski definition) is 5. The lowest BCUT2D eigenvalue weighted by molar-refractivity contribution is -0.126. The first-order chi connectivity index (χ1) is 14.7. The SMILES string of the molecule is Cc1ccc(-n2cnnc2SC(C)C(=O)N2c3ccccc3NC(=O)C2(C)C)c(C)c1. The minimum atomic E-state index is -1.01. The number of nitrogens with zero attached hydrogens (tertiary/aromatic N) is 4. The molecule has 0 radical (unpaired) electrons. The van der Waals surface area contributed by atoms with E-state index >= 15 is 0 Å². The standard InChI is InChI=1S/C23H25N5O2S/c1-14-10-11-18(15(2)12-14)27-13-24-26-22(27)31-16(3)20(29)28-19-9-7-6-8-17(19)25-21(30)23(28,4)5/h6-13,16H,1-5H3,(H,25,30). The Bertz CT molecular complexity index is 1170. The molecular formula is C23H25N5O2S. The van der Waals surface area contributed by atoms with Crippen molar-refractivity contribution in [2.24, 2.45) is 0 Å². The van der Waals surface area contributed by atoms with Crippen LogP contribution in [0.5, 0.6) is 0 Å². The van der Waals surface area contributed by atoms with Crippen LogP contribution in [0.15, 0.2) is 53.9 Å². The molecule has 0 aliphatic carbocycles. The molecule has 0 saturated heterocycles. The van der Waals surface area contributed by atoms with Crippen molar-refractivity contribution < 1.29 is 9.59 Å². The number of nitrogens with one attached hydrogen (secondary N) is 1. The predicted octanol–water partition coefficient (Wildman–Crippen LogP) is 4.13. The van der Waals surface area contributed by atoms with Gasteiger partial charge in [0.15, 0.2) is 5.16 Å². The number of benzene rings is 2. The fourth-order valence-corrected chi connectivity index (χ4v) is 4.66. The summed E-state index contributed by atoms with van der Waals surface area (Å²) >= 11 is 1.33. The summed E-state index contributed by atoms with van der Waals surface area (Å²) < 4.78 is 1.89. The number of carbonyl (C=O) groups excluding carboxylic acids is 2. The van der Waals surface area contributed by atoms with E-state index in [1.807, 2.05) is 55.7 Å². The van der Waals surface area contributed by atoms with Gasteiger partial charge >= 0.3 is 0 Å². The summed E-state index contributed by atoms with van der Waals surface area (Å²) in [4.78, 5) is 27.9. The summed E-state index contributed by atoms with van der Waals surface area (Å²) in [6, 6.07) is 13.5. The number of fused-ring (bicyclic) bond motifs is 1. The summed E-state index contributed by atoms with van der Waals surface area (Å²) in [7, 11) is 0. The molecule has 2 amide bonds. The normalized spacial score (nSPS) is 15.9. The average Bonchev–Trinajstić information content (AvgIpc) is 3.16. The Morgan fingerprint density at radius 1 is 1.13 bits per heavy atom. The number of para-hydroxylation sites is 2. The Hall–Kier alpha value is -3.13. The van der Waals surface area contributed by atoms with Crippen LogP contribution in [-0.4, -0.2) is 37.4 Å². The lowest BCUT2D eigenvalue weighted by Crippen LogP contribution is -2.60. The van der Waals surface area contributed by atoms with E-state index in [0.29, 0.717) is 16.5 Å². The van der Waals surface area contributed by atoms with Crippen LogP contribution in [0.4, 0.5) is 11.4 Å². The van der Waals surface area contributed by atoms with Gasteiger partial charge in [-0.25, -0.2) is 0 Å². The van der Waals surface area contributed by atoms with Crippen LogP contribution in [-0.2, 0) is 9.59 Å². The van der Waals surface area contributed by atoms with Gasteiger partial charge in [0.2, 0.25) is 11.8 Å². The van der Waals surface area contributed by atoms with Gasteiger partial charge in [0.25, 0.3) is 0 Å². The molecule has 1 aliphatic heterocycles. The molecule has 0 fully saturated rings. The predicted molar refractivity (Wildman–Crippen MR) is 123 cm³/mol. The molecule has 160 valence electrons. The molecule has 31 heavy (non-hydrogen) atoms. The van der Waals surface area contributed by atoms with E-state index in [-0.39, 0.29) is 11.8 Å². The van der Waals surface area contributed by atoms with Crippen LogP contribution in [0, 0.1) is 13.8 Å². The summed E-state index contributed by atoms with van der Waals surface area (Å²) in [6.07, 6.45) is 1.66. The largest absolute Gasteiger partial charge is 0.322 e. The smallest absolute Gasteiger partial charge is 0.250 e. The number of thioether (sulfide) groups is 1. The van der Waals surface area contributed by atoms with Gasteiger partial charge < -0.3 is 5.32 Å². The topological polar surface area (TPSA) is 80.1 Å². The maximum absolute atomic E-state index is 13.6. The zero-order valence-electron chi connectivity index (χ0n) is 18.2. The number of carbonyl (C=O) groups is 2. The van der Waals surface area contributed by atoms with E-state index in [2.05, 4.69) is 21.6 Å². The van der Waals surface area contributed by atoms with E-state index in [0.717, 1.165) is 11.3 Å². The second kappa shape index (κ2) is 7.85. The van der Waals surface area contributed by atoms with Gasteiger partial charge in [-0.3, -0.25) is 19.1 Å². The van der Waals surface area contributed by atoms with Crippen LogP contribution in [0.2, 0.25) is 0 Å². The molecule has 1 aromatic heterocycles. The highest BCUT2D eigenvalue weighted by atomic mass is 32.2. The summed E-state index contributed by atoms with van der Waals surface area (Å²) in [5.74, 6) is -0.373. The van der Waals surface area contributed by atoms with E-state index in [1.54, 1.807) is 31.1 Å². The fraction of sp³-hybridized carbons (Fsp3) is 0.304. The van der Waals surface area contributed by atoms with Crippen LogP contribution < -0.4 is 10.2 Å². The molecule has 8 heteroatoms. The molecule has 2 heterocycles. The highest BCUT2D eigenvalue weighted by Crippen LogP contribution is 2.38. The summed E-state index contributed by atoms with van der Waals surface area (Å²) in [6.45, 7) is 9.43. The number of aryl methyl sites for hydroxylation is 2. The van der Waals surface area contributed by atoms with E-state index < -0.39 is 10.8 Å². The number of aromatic nitrogens is 3. The molecule has 1 unspecified atom stereocenters. The summed E-state index contributed by atoms with van der Waals surface area (Å²) in [5.41, 5.74) is 3.57. The van der Waals surface area contributed by atoms with Gasteiger partial charge in [-0.1, -0.05) is 41.6 Å². The molecule has 7 nitrogen and oxygen atoms in total. The third kappa shape index (κ3) is 3.72. The fourth-order valence-electron chi connectivity index (χ4n) is 3.78. The monoisotopic (exact) mass is 435 g/mol. The highest BCUT2D eigenvalue weighted by molar-refractivity contribution is 8.00. The molecule has 3 aromatic rings. The first kappa shape index (κ1) is 21.1. The van der Waals surface area contributed by atoms with Crippen LogP contribution in [0.3, 0.4) is 0 Å². The van der Waals surface area contributed by atoms with Crippen LogP contribution in [0.25, 0.3) is 5.69 Å². The van der Waals surface area contributed by atoms with E-state index in [4.69, 9.17) is 0 Å². The van der Waals surface area contributed by atoms with Crippen molar-refractivity contribution in [1.82, 2.24) is 14.8 Å². The Morgan fingerprint density at radius 3 is 2.61 bits per heavy atom. The van der Waals surface area contributed by atoms with Crippen molar-refractivity contribution in [3.63, 3.8) is 0 Å². The second-order valence-corrected chi connectivity index (χ2v) is 9.55. The maximum Gasteiger partial charge on any atom is 0.250 e. The van der Waals surface area contributed by atoms with Gasteiger partial charge in [0, 0.05) is 0 Å². The van der Waals surface area contributed by atoms with Crippen molar-refractivity contribution in [2.45, 2.75) is 50.6 Å². The number of amides is 2. The molecular weight excluding hydrogens is 410 g/mol. The first-order valence-electron chi connectivity index (χ1n) is 10.1. The number of rotatable bonds is 4. The van der Waals surface area contributed by atoms with Crippen LogP contribution in [0.1, 0.15) is 31.9 Å². The van der Waals surface area contributed by atoms with Crippen molar-refractivity contribution in [3.8, 4) is 5.69 Å². The average molecular weight is 436 g/mol. The lowest BCUT2D eigenvalue weighted by atomic mass is 9.96. The van der Waals surface area contributed by atoms with Crippen molar-refractivity contribution in [3.05, 3.63) is 59.9 Å². The van der Waals surface area contributed by atoms with Crippen LogP contribution >= 0.6 is 11.8 Å². The first-order valence-corrected chi connectivity index (χ1v) is 11.0. The lowest BCUT2D eigenvalue weighted by Gasteiger charge is -2.43. The zero-order chi connectivity index (χ0) is 22.3. The van der Waals surface area contributed by atoms with Gasteiger partial charge in [0.1, 0.15) is 11.9 Å². The maximum atomic E-state index is 13.6. The molecule has 0 saturated carbocycles. The van der Waals surface area contributed by atoms with Gasteiger partial charge in [-0.15, -0.1) is 10.2 Å². The molecule has 2 aromatic carbocycles. The van der Waals surface area contributed by atoms with Gasteiger partial charge in [-0.05, 0) is 58.4 Å². The highest BCUT2D eigenvalue weighted by Gasteiger charge is 2.45. The Labute approximate surface area is 185 Å². The molecule has 1 aliphatic rings. The van der Waals surface area contributed by atoms with Crippen molar-refractivity contribution in [1.29, 1.82) is 0 Å². The quantitative estimate of drug-likeness (QED) is 0.624. The van der Waals surface area contributed by atoms with Crippen molar-refractivity contribution in [2.75, 3.05) is 10.2 Å². The minimum absolute atomic E-state index is 0.160. The second-order valence-electron chi connectivity index (χ2n) is 8.24. The number of hydrogen-bond donors (Lipinski definition) is 1. The third-order valence-corrected chi connectivity index (χ3v) is 6.53. The minimum Gasteiger partial charge on any atom is -0.322 e. The Kier molecular flexibility index (Phi) is 5.35. The van der Waals surface area contributed by atoms with E-state index in [9.17, 15) is 9.59 Å². The molecule has 0 bridgehead atoms. The molecule has 4 rings (SSSR count). The zero-order valence-corrected chi connectivity index (χ0v) is 19.0.